The van der Waals surface area contributed by atoms with Crippen molar-refractivity contribution in [1.29, 1.82) is 0 Å². The standard InChI is InChI=1S/C19H26N4O2S/c1-12-13(2)26-19-16(12)17(21-11-22-19)23-7-5-14(6-8-23)18(24)20-10-15-4-3-9-25-15/h11,14-15H,3-10H2,1-2H3,(H,20,24). The molecule has 0 aromatic carbocycles. The highest BCUT2D eigenvalue weighted by Gasteiger charge is 2.28. The summed E-state index contributed by atoms with van der Waals surface area (Å²) in [5, 5.41) is 4.26. The van der Waals surface area contributed by atoms with Gasteiger partial charge >= 0.3 is 0 Å². The zero-order valence-electron chi connectivity index (χ0n) is 15.5. The number of hydrogen-bond donors (Lipinski definition) is 1. The van der Waals surface area contributed by atoms with E-state index in [4.69, 9.17) is 4.74 Å². The van der Waals surface area contributed by atoms with Gasteiger partial charge in [-0.15, -0.1) is 11.3 Å². The maximum Gasteiger partial charge on any atom is 0.223 e. The molecule has 0 aliphatic carbocycles. The van der Waals surface area contributed by atoms with E-state index in [0.29, 0.717) is 6.54 Å². The number of nitrogens with zero attached hydrogens (tertiary/aromatic N) is 3. The van der Waals surface area contributed by atoms with Gasteiger partial charge in [0.1, 0.15) is 17.0 Å². The van der Waals surface area contributed by atoms with Crippen molar-refractivity contribution in [3.05, 3.63) is 16.8 Å². The molecule has 140 valence electrons. The van der Waals surface area contributed by atoms with Crippen LogP contribution in [-0.4, -0.2) is 48.2 Å². The lowest BCUT2D eigenvalue weighted by Crippen LogP contribution is -2.42. The minimum absolute atomic E-state index is 0.0929. The van der Waals surface area contributed by atoms with Gasteiger partial charge in [-0.3, -0.25) is 4.79 Å². The van der Waals surface area contributed by atoms with E-state index >= 15 is 0 Å². The first-order chi connectivity index (χ1) is 12.6. The molecule has 0 saturated carbocycles. The van der Waals surface area contributed by atoms with Gasteiger partial charge in [0.2, 0.25) is 5.91 Å². The number of thiophene rings is 1. The molecule has 26 heavy (non-hydrogen) atoms. The van der Waals surface area contributed by atoms with Gasteiger partial charge in [-0.05, 0) is 45.1 Å². The van der Waals surface area contributed by atoms with Gasteiger partial charge < -0.3 is 15.0 Å². The van der Waals surface area contributed by atoms with Crippen LogP contribution in [0.4, 0.5) is 5.82 Å². The summed E-state index contributed by atoms with van der Waals surface area (Å²) in [5.41, 5.74) is 1.28. The van der Waals surface area contributed by atoms with Crippen molar-refractivity contribution in [3.63, 3.8) is 0 Å². The monoisotopic (exact) mass is 374 g/mol. The first-order valence-electron chi connectivity index (χ1n) is 9.48. The van der Waals surface area contributed by atoms with Crippen LogP contribution < -0.4 is 10.2 Å². The van der Waals surface area contributed by atoms with Crippen LogP contribution in [0.1, 0.15) is 36.1 Å². The molecule has 1 amide bonds. The first-order valence-corrected chi connectivity index (χ1v) is 10.3. The molecule has 2 fully saturated rings. The zero-order valence-corrected chi connectivity index (χ0v) is 16.3. The Hall–Kier alpha value is -1.73. The summed E-state index contributed by atoms with van der Waals surface area (Å²) in [4.78, 5) is 26.1. The van der Waals surface area contributed by atoms with Crippen molar-refractivity contribution < 1.29 is 9.53 Å². The summed E-state index contributed by atoms with van der Waals surface area (Å²) in [6, 6.07) is 0. The van der Waals surface area contributed by atoms with Crippen molar-refractivity contribution in [3.8, 4) is 0 Å². The third-order valence-electron chi connectivity index (χ3n) is 5.64. The van der Waals surface area contributed by atoms with Crippen LogP contribution in [0.5, 0.6) is 0 Å². The molecular formula is C19H26N4O2S. The van der Waals surface area contributed by atoms with Crippen LogP contribution in [-0.2, 0) is 9.53 Å². The number of aromatic nitrogens is 2. The predicted molar refractivity (Wildman–Crippen MR) is 104 cm³/mol. The number of aryl methyl sites for hydroxylation is 2. The number of rotatable bonds is 4. The van der Waals surface area contributed by atoms with Crippen LogP contribution in [0.2, 0.25) is 0 Å². The van der Waals surface area contributed by atoms with E-state index in [1.165, 1.54) is 15.8 Å². The van der Waals surface area contributed by atoms with Gasteiger partial charge in [-0.1, -0.05) is 0 Å². The molecular weight excluding hydrogens is 348 g/mol. The Balaban J connectivity index is 1.38. The van der Waals surface area contributed by atoms with Crippen molar-refractivity contribution in [2.45, 2.75) is 45.6 Å². The smallest absolute Gasteiger partial charge is 0.223 e. The van der Waals surface area contributed by atoms with Gasteiger partial charge in [0.25, 0.3) is 0 Å². The van der Waals surface area contributed by atoms with E-state index in [9.17, 15) is 4.79 Å². The van der Waals surface area contributed by atoms with Gasteiger partial charge in [-0.25, -0.2) is 9.97 Å². The summed E-state index contributed by atoms with van der Waals surface area (Å²) in [5.74, 6) is 1.29. The van der Waals surface area contributed by atoms with E-state index in [1.807, 2.05) is 0 Å². The Kier molecular flexibility index (Phi) is 5.09. The fraction of sp³-hybridized carbons (Fsp3) is 0.632. The molecule has 4 rings (SSSR count). The second-order valence-corrected chi connectivity index (χ2v) is 8.51. The number of nitrogens with one attached hydrogen (secondary N) is 1. The first kappa shape index (κ1) is 17.7. The quantitative estimate of drug-likeness (QED) is 0.891. The molecule has 1 atom stereocenters. The largest absolute Gasteiger partial charge is 0.376 e. The molecule has 7 heteroatoms. The Morgan fingerprint density at radius 1 is 1.31 bits per heavy atom. The number of anilines is 1. The normalized spacial score (nSPS) is 21.5. The van der Waals surface area contributed by atoms with Gasteiger partial charge in [0.15, 0.2) is 0 Å². The molecule has 2 aliphatic rings. The number of hydrogen-bond acceptors (Lipinski definition) is 6. The highest BCUT2D eigenvalue weighted by atomic mass is 32.1. The Morgan fingerprint density at radius 3 is 2.85 bits per heavy atom. The fourth-order valence-electron chi connectivity index (χ4n) is 3.92. The van der Waals surface area contributed by atoms with Gasteiger partial charge in [0, 0.05) is 37.0 Å². The molecule has 1 unspecified atom stereocenters. The second kappa shape index (κ2) is 7.48. The van der Waals surface area contributed by atoms with Crippen LogP contribution in [0.3, 0.4) is 0 Å². The second-order valence-electron chi connectivity index (χ2n) is 7.30. The van der Waals surface area contributed by atoms with Crippen molar-refractivity contribution in [2.75, 3.05) is 31.1 Å². The van der Waals surface area contributed by atoms with Crippen LogP contribution in [0.25, 0.3) is 10.2 Å². The van der Waals surface area contributed by atoms with Gasteiger partial charge in [-0.2, -0.15) is 0 Å². The van der Waals surface area contributed by atoms with E-state index in [0.717, 1.165) is 56.0 Å². The molecule has 0 spiro atoms. The summed E-state index contributed by atoms with van der Waals surface area (Å²) < 4.78 is 5.58. The maximum absolute atomic E-state index is 12.5. The van der Waals surface area contributed by atoms with Crippen molar-refractivity contribution >= 4 is 33.3 Å². The van der Waals surface area contributed by atoms with Gasteiger partial charge in [0.05, 0.1) is 11.5 Å². The molecule has 4 heterocycles. The highest BCUT2D eigenvalue weighted by molar-refractivity contribution is 7.18. The Bertz CT molecular complexity index is 792. The minimum atomic E-state index is 0.0929. The molecule has 2 aromatic heterocycles. The van der Waals surface area contributed by atoms with Crippen LogP contribution >= 0.6 is 11.3 Å². The predicted octanol–water partition coefficient (Wildman–Crippen LogP) is 2.82. The SMILES string of the molecule is Cc1sc2ncnc(N3CCC(C(=O)NCC4CCCO4)CC3)c2c1C. The number of carbonyl (C=O) groups excluding carboxylic acids is 1. The lowest BCUT2D eigenvalue weighted by molar-refractivity contribution is -0.126. The van der Waals surface area contributed by atoms with E-state index in [-0.39, 0.29) is 17.9 Å². The summed E-state index contributed by atoms with van der Waals surface area (Å²) in [6.45, 7) is 7.48. The minimum Gasteiger partial charge on any atom is -0.376 e. The lowest BCUT2D eigenvalue weighted by Gasteiger charge is -2.32. The van der Waals surface area contributed by atoms with Crippen molar-refractivity contribution in [1.82, 2.24) is 15.3 Å². The van der Waals surface area contributed by atoms with Crippen molar-refractivity contribution in [2.24, 2.45) is 5.92 Å². The average Bonchev–Trinajstić information content (AvgIpc) is 3.28. The fourth-order valence-corrected chi connectivity index (χ4v) is 4.91. The average molecular weight is 375 g/mol. The topological polar surface area (TPSA) is 67.4 Å². The lowest BCUT2D eigenvalue weighted by atomic mass is 9.95. The number of carbonyl (C=O) groups is 1. The summed E-state index contributed by atoms with van der Waals surface area (Å²) in [7, 11) is 0. The molecule has 0 bridgehead atoms. The third kappa shape index (κ3) is 3.42. The van der Waals surface area contributed by atoms with E-state index < -0.39 is 0 Å². The summed E-state index contributed by atoms with van der Waals surface area (Å²) in [6.07, 6.45) is 5.76. The zero-order chi connectivity index (χ0) is 18.1. The van der Waals surface area contributed by atoms with Crippen LogP contribution in [0, 0.1) is 19.8 Å². The molecule has 0 radical (unpaired) electrons. The molecule has 2 aliphatic heterocycles. The third-order valence-corrected chi connectivity index (χ3v) is 6.75. The number of ether oxygens (including phenoxy) is 1. The molecule has 2 aromatic rings. The molecule has 1 N–H and O–H groups in total. The van der Waals surface area contributed by atoms with Crippen LogP contribution in [0.15, 0.2) is 6.33 Å². The Labute approximate surface area is 158 Å². The number of piperidine rings is 1. The maximum atomic E-state index is 12.5. The summed E-state index contributed by atoms with van der Waals surface area (Å²) >= 11 is 1.73. The molecule has 2 saturated heterocycles. The van der Waals surface area contributed by atoms with E-state index in [1.54, 1.807) is 17.7 Å². The Morgan fingerprint density at radius 2 is 2.12 bits per heavy atom. The number of fused-ring (bicyclic) bond motifs is 1. The number of amides is 1. The highest BCUT2D eigenvalue weighted by Crippen LogP contribution is 2.35. The van der Waals surface area contributed by atoms with E-state index in [2.05, 4.69) is 34.0 Å². The molecule has 6 nitrogen and oxygen atoms in total.